The molecule has 0 radical (unpaired) electrons. The molecule has 0 spiro atoms. The first-order valence-electron chi connectivity index (χ1n) is 6.09. The number of rotatable bonds is 5. The van der Waals surface area contributed by atoms with Crippen LogP contribution in [-0.4, -0.2) is 25.9 Å². The molecule has 0 unspecified atom stereocenters. The topological polar surface area (TPSA) is 64.7 Å². The van der Waals surface area contributed by atoms with Gasteiger partial charge in [-0.2, -0.15) is 5.10 Å². The Bertz CT molecular complexity index is 619. The first-order chi connectivity index (χ1) is 9.11. The molecule has 2 aromatic rings. The summed E-state index contributed by atoms with van der Waals surface area (Å²) in [7, 11) is 1.65. The number of nitrogens with zero attached hydrogens (tertiary/aromatic N) is 4. The highest BCUT2D eigenvalue weighted by atomic mass is 35.5. The second-order valence-corrected chi connectivity index (χ2v) is 4.64. The maximum absolute atomic E-state index is 11.7. The lowest BCUT2D eigenvalue weighted by atomic mass is 10.3. The van der Waals surface area contributed by atoms with E-state index < -0.39 is 0 Å². The third-order valence-corrected chi connectivity index (χ3v) is 3.01. The fourth-order valence-electron chi connectivity index (χ4n) is 1.62. The monoisotopic (exact) mass is 281 g/mol. The van der Waals surface area contributed by atoms with Crippen molar-refractivity contribution < 1.29 is 0 Å². The Balaban J connectivity index is 2.24. The summed E-state index contributed by atoms with van der Waals surface area (Å²) in [4.78, 5) is 16.1. The predicted octanol–water partition coefficient (Wildman–Crippen LogP) is 1.50. The Morgan fingerprint density at radius 3 is 2.84 bits per heavy atom. The Hall–Kier alpha value is -1.82. The summed E-state index contributed by atoms with van der Waals surface area (Å²) in [6.07, 6.45) is 2.48. The van der Waals surface area contributed by atoms with Crippen molar-refractivity contribution in [3.8, 4) is 0 Å². The minimum Gasteiger partial charge on any atom is -0.370 e. The van der Waals surface area contributed by atoms with Gasteiger partial charge in [0.15, 0.2) is 0 Å². The van der Waals surface area contributed by atoms with E-state index in [1.54, 1.807) is 13.1 Å². The number of nitrogens with one attached hydrogen (secondary N) is 1. The molecule has 2 aromatic heterocycles. The van der Waals surface area contributed by atoms with E-state index >= 15 is 0 Å². The molecule has 0 aliphatic rings. The number of halogens is 1. The molecule has 0 aliphatic carbocycles. The highest BCUT2D eigenvalue weighted by molar-refractivity contribution is 6.31. The average Bonchev–Trinajstić information content (AvgIpc) is 2.71. The Labute approximate surface area is 116 Å². The molecular formula is C12H16ClN5O. The van der Waals surface area contributed by atoms with E-state index in [1.165, 1.54) is 15.6 Å². The summed E-state index contributed by atoms with van der Waals surface area (Å²) in [6, 6.07) is 3.60. The average molecular weight is 282 g/mol. The van der Waals surface area contributed by atoms with Crippen molar-refractivity contribution in [3.63, 3.8) is 0 Å². The lowest BCUT2D eigenvalue weighted by Gasteiger charge is -2.08. The van der Waals surface area contributed by atoms with Crippen LogP contribution in [0, 0.1) is 0 Å². The lowest BCUT2D eigenvalue weighted by Crippen LogP contribution is -2.24. The molecule has 0 aliphatic heterocycles. The van der Waals surface area contributed by atoms with E-state index in [0.717, 1.165) is 18.8 Å². The summed E-state index contributed by atoms with van der Waals surface area (Å²) in [5.74, 6) is 0.755. The van der Waals surface area contributed by atoms with Crippen LogP contribution in [0.25, 0.3) is 0 Å². The Kier molecular flexibility index (Phi) is 4.21. The van der Waals surface area contributed by atoms with E-state index in [1.807, 2.05) is 6.07 Å². The van der Waals surface area contributed by atoms with Crippen LogP contribution in [0.15, 0.2) is 23.3 Å². The number of aryl methyl sites for hydroxylation is 1. The summed E-state index contributed by atoms with van der Waals surface area (Å²) in [5.41, 5.74) is 0.438. The number of anilines is 1. The number of pyridine rings is 1. The minimum atomic E-state index is -0.190. The number of aromatic nitrogens is 4. The molecule has 0 aromatic carbocycles. The number of hydrogen-bond donors (Lipinski definition) is 1. The molecular weight excluding hydrogens is 266 g/mol. The third kappa shape index (κ3) is 3.14. The first-order valence-corrected chi connectivity index (χ1v) is 6.47. The van der Waals surface area contributed by atoms with E-state index in [-0.39, 0.29) is 12.2 Å². The molecule has 0 fully saturated rings. The first kappa shape index (κ1) is 13.6. The van der Waals surface area contributed by atoms with Gasteiger partial charge in [0.25, 0.3) is 0 Å². The molecule has 7 heteroatoms. The van der Waals surface area contributed by atoms with Gasteiger partial charge in [0.05, 0.1) is 17.3 Å². The largest absolute Gasteiger partial charge is 0.370 e. The van der Waals surface area contributed by atoms with Crippen LogP contribution in [0.5, 0.6) is 0 Å². The van der Waals surface area contributed by atoms with E-state index in [9.17, 15) is 4.79 Å². The van der Waals surface area contributed by atoms with Crippen molar-refractivity contribution >= 4 is 17.4 Å². The highest BCUT2D eigenvalue weighted by Crippen LogP contribution is 2.17. The summed E-state index contributed by atoms with van der Waals surface area (Å²) in [5, 5.41) is 7.70. The molecule has 1 N–H and O–H groups in total. The smallest absolute Gasteiger partial charge is 0.345 e. The standard InChI is InChI=1S/C12H16ClN5O/c1-3-6-14-11-5-4-9(13)10(16-11)7-18-12(19)17(2)8-15-18/h4-5,8H,3,6-7H2,1-2H3,(H,14,16). The quantitative estimate of drug-likeness (QED) is 0.902. The lowest BCUT2D eigenvalue weighted by molar-refractivity contribution is 0.636. The van der Waals surface area contributed by atoms with Crippen molar-refractivity contribution in [2.75, 3.05) is 11.9 Å². The van der Waals surface area contributed by atoms with Gasteiger partial charge in [-0.25, -0.2) is 14.5 Å². The zero-order valence-corrected chi connectivity index (χ0v) is 11.7. The fourth-order valence-corrected chi connectivity index (χ4v) is 1.78. The minimum absolute atomic E-state index is 0.190. The molecule has 0 atom stereocenters. The maximum atomic E-state index is 11.7. The molecule has 0 saturated heterocycles. The van der Waals surface area contributed by atoms with Gasteiger partial charge >= 0.3 is 5.69 Å². The molecule has 0 saturated carbocycles. The Morgan fingerprint density at radius 2 is 2.21 bits per heavy atom. The van der Waals surface area contributed by atoms with Gasteiger partial charge in [-0.05, 0) is 18.6 Å². The molecule has 2 rings (SSSR count). The predicted molar refractivity (Wildman–Crippen MR) is 74.6 cm³/mol. The van der Waals surface area contributed by atoms with E-state index in [4.69, 9.17) is 11.6 Å². The van der Waals surface area contributed by atoms with Crippen molar-refractivity contribution in [3.05, 3.63) is 39.7 Å². The van der Waals surface area contributed by atoms with Gasteiger partial charge in [-0.15, -0.1) is 0 Å². The molecule has 19 heavy (non-hydrogen) atoms. The van der Waals surface area contributed by atoms with Crippen molar-refractivity contribution in [2.45, 2.75) is 19.9 Å². The molecule has 102 valence electrons. The van der Waals surface area contributed by atoms with Gasteiger partial charge < -0.3 is 5.32 Å². The third-order valence-electron chi connectivity index (χ3n) is 2.66. The summed E-state index contributed by atoms with van der Waals surface area (Å²) < 4.78 is 2.74. The van der Waals surface area contributed by atoms with Crippen molar-refractivity contribution in [1.29, 1.82) is 0 Å². The van der Waals surface area contributed by atoms with Crippen molar-refractivity contribution in [1.82, 2.24) is 19.3 Å². The van der Waals surface area contributed by atoms with Crippen LogP contribution in [0.4, 0.5) is 5.82 Å². The maximum Gasteiger partial charge on any atom is 0.345 e. The van der Waals surface area contributed by atoms with Crippen LogP contribution >= 0.6 is 11.6 Å². The zero-order chi connectivity index (χ0) is 13.8. The van der Waals surface area contributed by atoms with E-state index in [2.05, 4.69) is 22.3 Å². The van der Waals surface area contributed by atoms with Gasteiger partial charge in [-0.3, -0.25) is 4.57 Å². The Morgan fingerprint density at radius 1 is 1.42 bits per heavy atom. The summed E-state index contributed by atoms with van der Waals surface area (Å²) in [6.45, 7) is 3.19. The SMILES string of the molecule is CCCNc1ccc(Cl)c(Cn2ncn(C)c2=O)n1. The van der Waals surface area contributed by atoms with Gasteiger partial charge in [0.2, 0.25) is 0 Å². The highest BCUT2D eigenvalue weighted by Gasteiger charge is 2.08. The van der Waals surface area contributed by atoms with E-state index in [0.29, 0.717) is 10.7 Å². The fraction of sp³-hybridized carbons (Fsp3) is 0.417. The summed E-state index contributed by atoms with van der Waals surface area (Å²) >= 11 is 6.10. The number of hydrogen-bond acceptors (Lipinski definition) is 4. The van der Waals surface area contributed by atoms with Crippen LogP contribution in [0.2, 0.25) is 5.02 Å². The van der Waals surface area contributed by atoms with Gasteiger partial charge in [-0.1, -0.05) is 18.5 Å². The van der Waals surface area contributed by atoms with Gasteiger partial charge in [0.1, 0.15) is 12.1 Å². The zero-order valence-electron chi connectivity index (χ0n) is 10.9. The van der Waals surface area contributed by atoms with Crippen LogP contribution in [0.1, 0.15) is 19.0 Å². The van der Waals surface area contributed by atoms with Crippen molar-refractivity contribution in [2.24, 2.45) is 7.05 Å². The second kappa shape index (κ2) is 5.88. The second-order valence-electron chi connectivity index (χ2n) is 4.23. The van der Waals surface area contributed by atoms with Crippen LogP contribution < -0.4 is 11.0 Å². The molecule has 2 heterocycles. The molecule has 0 amide bonds. The van der Waals surface area contributed by atoms with Crippen LogP contribution in [-0.2, 0) is 13.6 Å². The van der Waals surface area contributed by atoms with Crippen LogP contribution in [0.3, 0.4) is 0 Å². The normalized spacial score (nSPS) is 10.7. The van der Waals surface area contributed by atoms with Gasteiger partial charge in [0, 0.05) is 13.6 Å². The molecule has 0 bridgehead atoms. The molecule has 6 nitrogen and oxygen atoms in total.